The Morgan fingerprint density at radius 3 is 0.765 bits per heavy atom. The van der Waals surface area contributed by atoms with Crippen LogP contribution in [0.2, 0.25) is 0 Å². The maximum absolute atomic E-state index is 9.00. The number of hydrogen-bond acceptors (Lipinski definition) is 9. The topological polar surface area (TPSA) is 204 Å². The monoisotopic (exact) mass is 778 g/mol. The summed E-state index contributed by atoms with van der Waals surface area (Å²) in [6.07, 6.45) is 15.9. The van der Waals surface area contributed by atoms with Crippen molar-refractivity contribution >= 4 is 17.1 Å². The van der Waals surface area contributed by atoms with Crippen molar-refractivity contribution in [3.05, 3.63) is 193 Å². The Bertz CT molecular complexity index is 1560. The SMILES string of the molecule is CC(=O)O.[Cd].[c-]1c[nH]nn1.[c-]1c[nH]nn1.[c-]1c[nH]nn1.[c-]1c[nH]nn1.c1ccc(C(=C(c2ccccc2)c2ccccc2)c2ccccc2)cc1. The largest absolute Gasteiger partial charge is 0.481 e. The van der Waals surface area contributed by atoms with Gasteiger partial charge in [0, 0.05) is 34.2 Å². The summed E-state index contributed by atoms with van der Waals surface area (Å²) in [6, 6.07) is 42.6. The van der Waals surface area contributed by atoms with E-state index in [1.54, 1.807) is 0 Å². The third kappa shape index (κ3) is 17.5. The number of H-pyrrole nitrogens is 4. The summed E-state index contributed by atoms with van der Waals surface area (Å²) in [7, 11) is 0. The first-order valence-electron chi connectivity index (χ1n) is 14.7. The van der Waals surface area contributed by atoms with Gasteiger partial charge in [0.15, 0.2) is 0 Å². The standard InChI is InChI=1S/C26H20.4C2H2N3.C2H4O2.Cd/c1-5-13-21(14-6-1)25(22-15-7-2-8-16-22)26(23-17-9-3-10-18-23)24-19-11-4-12-20-24;4*1-2-4-5-3-1;1-2(3)4;/h1-20H;4*1H,(H,3,4,5);1H3,(H,3,4);/q;4*-1;;. The first kappa shape index (κ1) is 40.7. The van der Waals surface area contributed by atoms with Gasteiger partial charge in [0.05, 0.1) is 0 Å². The van der Waals surface area contributed by atoms with E-state index in [4.69, 9.17) is 9.90 Å². The number of nitrogens with one attached hydrogen (secondary N) is 4. The third-order valence-corrected chi connectivity index (χ3v) is 5.68. The van der Waals surface area contributed by atoms with Crippen LogP contribution in [0.5, 0.6) is 0 Å². The molecule has 0 aliphatic heterocycles. The van der Waals surface area contributed by atoms with Gasteiger partial charge in [0.1, 0.15) is 0 Å². The molecule has 4 aromatic carbocycles. The van der Waals surface area contributed by atoms with Crippen molar-refractivity contribution in [3.8, 4) is 0 Å². The fraction of sp³-hybridized carbons (Fsp3) is 0.0278. The minimum atomic E-state index is -0.833. The van der Waals surface area contributed by atoms with E-state index in [-0.39, 0.29) is 27.3 Å². The molecule has 51 heavy (non-hydrogen) atoms. The van der Waals surface area contributed by atoms with Crippen LogP contribution in [-0.4, -0.2) is 72.7 Å². The Labute approximate surface area is 314 Å². The minimum Gasteiger partial charge on any atom is -0.481 e. The summed E-state index contributed by atoms with van der Waals surface area (Å²) in [5.74, 6) is -0.833. The Morgan fingerprint density at radius 2 is 0.647 bits per heavy atom. The van der Waals surface area contributed by atoms with Gasteiger partial charge in [0.2, 0.25) is 0 Å². The molecule has 8 aromatic rings. The third-order valence-electron chi connectivity index (χ3n) is 5.68. The van der Waals surface area contributed by atoms with Crippen molar-refractivity contribution in [2.24, 2.45) is 0 Å². The van der Waals surface area contributed by atoms with E-state index in [9.17, 15) is 0 Å². The molecule has 254 valence electrons. The molecule has 0 saturated heterocycles. The first-order chi connectivity index (χ1) is 24.7. The number of nitrogens with zero attached hydrogens (tertiary/aromatic N) is 8. The molecule has 0 spiro atoms. The summed E-state index contributed by atoms with van der Waals surface area (Å²) >= 11 is 0. The van der Waals surface area contributed by atoms with Crippen molar-refractivity contribution < 1.29 is 37.2 Å². The van der Waals surface area contributed by atoms with Crippen LogP contribution in [0.3, 0.4) is 0 Å². The Morgan fingerprint density at radius 1 is 0.451 bits per heavy atom. The van der Waals surface area contributed by atoms with Gasteiger partial charge in [-0.1, -0.05) is 121 Å². The number of aromatic amines is 4. The molecule has 0 bridgehead atoms. The summed E-state index contributed by atoms with van der Waals surface area (Å²) in [6.45, 7) is 1.08. The second kappa shape index (κ2) is 26.5. The van der Waals surface area contributed by atoms with Crippen LogP contribution < -0.4 is 0 Å². The number of rotatable bonds is 4. The first-order valence-corrected chi connectivity index (χ1v) is 14.7. The molecule has 4 aromatic heterocycles. The van der Waals surface area contributed by atoms with Crippen LogP contribution in [-0.2, 0) is 32.1 Å². The zero-order valence-electron chi connectivity index (χ0n) is 27.5. The average Bonchev–Trinajstić information content (AvgIpc) is 4.02. The smallest absolute Gasteiger partial charge is 0.300 e. The van der Waals surface area contributed by atoms with E-state index in [0.29, 0.717) is 0 Å². The number of carboxylic acids is 1. The number of carbonyl (C=O) groups is 1. The van der Waals surface area contributed by atoms with E-state index in [2.05, 4.69) is 208 Å². The molecular weight excluding hydrogens is 745 g/mol. The van der Waals surface area contributed by atoms with Gasteiger partial charge in [-0.25, -0.2) is 0 Å². The number of aliphatic carboxylic acids is 1. The van der Waals surface area contributed by atoms with E-state index in [1.807, 2.05) is 0 Å². The summed E-state index contributed by atoms with van der Waals surface area (Å²) in [4.78, 5) is 9.00. The molecule has 0 aliphatic carbocycles. The molecule has 0 atom stereocenters. The Hall–Kier alpha value is -6.43. The van der Waals surface area contributed by atoms with Crippen molar-refractivity contribution in [1.82, 2.24) is 61.6 Å². The molecule has 0 amide bonds. The van der Waals surface area contributed by atoms with Crippen molar-refractivity contribution in [2.45, 2.75) is 6.92 Å². The molecule has 8 rings (SSSR count). The normalized spacial score (nSPS) is 8.88. The number of carboxylic acid groups (broad SMARTS) is 1. The fourth-order valence-electron chi connectivity index (χ4n) is 3.91. The van der Waals surface area contributed by atoms with Crippen LogP contribution in [0, 0.1) is 24.8 Å². The van der Waals surface area contributed by atoms with Gasteiger partial charge >= 0.3 is 0 Å². The zero-order valence-corrected chi connectivity index (χ0v) is 31.5. The van der Waals surface area contributed by atoms with E-state index >= 15 is 0 Å². The second-order valence-electron chi connectivity index (χ2n) is 9.14. The molecular formula is C36H32CdN12O2-4. The molecule has 0 aliphatic rings. The van der Waals surface area contributed by atoms with E-state index in [0.717, 1.165) is 6.92 Å². The van der Waals surface area contributed by atoms with E-state index in [1.165, 1.54) is 58.2 Å². The summed E-state index contributed by atoms with van der Waals surface area (Å²) in [5.41, 5.74) is 7.40. The number of hydrogen-bond donors (Lipinski definition) is 5. The molecule has 0 fully saturated rings. The number of benzene rings is 4. The molecule has 5 N–H and O–H groups in total. The second-order valence-corrected chi connectivity index (χ2v) is 9.14. The molecule has 14 nitrogen and oxygen atoms in total. The quantitative estimate of drug-likeness (QED) is 0.0898. The van der Waals surface area contributed by atoms with Crippen molar-refractivity contribution in [2.75, 3.05) is 0 Å². The summed E-state index contributed by atoms with van der Waals surface area (Å²) in [5, 5.41) is 43.5. The van der Waals surface area contributed by atoms with Crippen LogP contribution in [0.1, 0.15) is 29.2 Å². The fourth-order valence-corrected chi connectivity index (χ4v) is 3.91. The van der Waals surface area contributed by atoms with Gasteiger partial charge in [-0.2, -0.15) is 0 Å². The van der Waals surface area contributed by atoms with Gasteiger partial charge < -0.3 is 70.7 Å². The molecule has 0 saturated carbocycles. The summed E-state index contributed by atoms with van der Waals surface area (Å²) < 4.78 is 0. The van der Waals surface area contributed by atoms with Gasteiger partial charge in [-0.15, -0.1) is 45.6 Å². The van der Waals surface area contributed by atoms with Crippen LogP contribution in [0.25, 0.3) is 11.1 Å². The van der Waals surface area contributed by atoms with Crippen molar-refractivity contribution in [1.29, 1.82) is 0 Å². The predicted octanol–water partition coefficient (Wildman–Crippen LogP) is 5.20. The zero-order chi connectivity index (χ0) is 35.3. The molecule has 0 unspecified atom stereocenters. The van der Waals surface area contributed by atoms with Gasteiger partial charge in [-0.3, -0.25) is 4.79 Å². The number of aromatic nitrogens is 12. The maximum Gasteiger partial charge on any atom is 0.300 e. The average molecular weight is 777 g/mol. The van der Waals surface area contributed by atoms with Gasteiger partial charge in [0.25, 0.3) is 5.97 Å². The van der Waals surface area contributed by atoms with Gasteiger partial charge in [-0.05, 0) is 33.4 Å². The predicted molar refractivity (Wildman–Crippen MR) is 185 cm³/mol. The molecule has 0 radical (unpaired) electrons. The van der Waals surface area contributed by atoms with Crippen LogP contribution in [0.4, 0.5) is 0 Å². The molecule has 4 heterocycles. The molecule has 15 heteroatoms. The van der Waals surface area contributed by atoms with E-state index < -0.39 is 5.97 Å². The minimum absolute atomic E-state index is 0. The Balaban J connectivity index is 0.000000287. The van der Waals surface area contributed by atoms with Crippen molar-refractivity contribution in [3.63, 3.8) is 0 Å². The van der Waals surface area contributed by atoms with Crippen LogP contribution >= 0.6 is 0 Å². The maximum atomic E-state index is 9.00. The van der Waals surface area contributed by atoms with Crippen LogP contribution in [0.15, 0.2) is 146 Å². The Kier molecular flexibility index (Phi) is 21.2.